The second-order valence-electron chi connectivity index (χ2n) is 2.93. The Balaban J connectivity index is 2.54. The molecule has 0 unspecified atom stereocenters. The molecule has 0 aliphatic carbocycles. The average molecular weight is 218 g/mol. The zero-order valence-electron chi connectivity index (χ0n) is 6.75. The Labute approximate surface area is 81.1 Å². The number of halogens is 1. The van der Waals surface area contributed by atoms with Crippen LogP contribution in [0, 0.1) is 0 Å². The number of fused-ring (bicyclic) bond motifs is 1. The van der Waals surface area contributed by atoms with Crippen molar-refractivity contribution < 1.29 is 8.42 Å². The number of hydrogen-bond acceptors (Lipinski definition) is 3. The van der Waals surface area contributed by atoms with E-state index >= 15 is 0 Å². The summed E-state index contributed by atoms with van der Waals surface area (Å²) in [4.78, 5) is 0.155. The quantitative estimate of drug-likeness (QED) is 0.727. The van der Waals surface area contributed by atoms with Gasteiger partial charge in [-0.15, -0.1) is 0 Å². The molecule has 0 bridgehead atoms. The third kappa shape index (κ3) is 1.64. The number of rotatable bonds is 1. The minimum absolute atomic E-state index is 0.155. The standard InChI is InChI=1S/C8H8ClNO2S/c9-13(11,12)7-2-1-6-3-4-10-8(6)5-7/h1-2,5,10H,3-4H2. The Bertz CT molecular complexity index is 441. The van der Waals surface area contributed by atoms with Gasteiger partial charge in [-0.1, -0.05) is 6.07 Å². The van der Waals surface area contributed by atoms with Crippen LogP contribution in [0.3, 0.4) is 0 Å². The first-order valence-corrected chi connectivity index (χ1v) is 6.20. The van der Waals surface area contributed by atoms with Gasteiger partial charge in [-0.3, -0.25) is 0 Å². The molecule has 1 aliphatic heterocycles. The predicted molar refractivity (Wildman–Crippen MR) is 51.7 cm³/mol. The smallest absolute Gasteiger partial charge is 0.261 e. The fourth-order valence-corrected chi connectivity index (χ4v) is 2.20. The lowest BCUT2D eigenvalue weighted by Gasteiger charge is -2.01. The molecule has 13 heavy (non-hydrogen) atoms. The summed E-state index contributed by atoms with van der Waals surface area (Å²) in [6, 6.07) is 4.91. The molecule has 1 aromatic rings. The summed E-state index contributed by atoms with van der Waals surface area (Å²) in [5.74, 6) is 0. The average Bonchev–Trinajstić information content (AvgIpc) is 2.47. The van der Waals surface area contributed by atoms with Gasteiger partial charge in [-0.2, -0.15) is 0 Å². The third-order valence-corrected chi connectivity index (χ3v) is 3.42. The van der Waals surface area contributed by atoms with Gasteiger partial charge in [-0.25, -0.2) is 8.42 Å². The van der Waals surface area contributed by atoms with Crippen molar-refractivity contribution in [3.05, 3.63) is 23.8 Å². The van der Waals surface area contributed by atoms with Crippen molar-refractivity contribution >= 4 is 25.4 Å². The fourth-order valence-electron chi connectivity index (χ4n) is 1.42. The van der Waals surface area contributed by atoms with Crippen LogP contribution in [-0.4, -0.2) is 15.0 Å². The summed E-state index contributed by atoms with van der Waals surface area (Å²) in [7, 11) is 1.61. The minimum Gasteiger partial charge on any atom is -0.384 e. The zero-order chi connectivity index (χ0) is 9.47. The van der Waals surface area contributed by atoms with E-state index in [4.69, 9.17) is 10.7 Å². The zero-order valence-corrected chi connectivity index (χ0v) is 8.32. The summed E-state index contributed by atoms with van der Waals surface area (Å²) < 4.78 is 21.9. The van der Waals surface area contributed by atoms with Crippen LogP contribution in [0.15, 0.2) is 23.1 Å². The van der Waals surface area contributed by atoms with Gasteiger partial charge < -0.3 is 5.32 Å². The Morgan fingerprint density at radius 2 is 2.15 bits per heavy atom. The van der Waals surface area contributed by atoms with E-state index in [1.54, 1.807) is 12.1 Å². The van der Waals surface area contributed by atoms with E-state index in [2.05, 4.69) is 5.32 Å². The van der Waals surface area contributed by atoms with Crippen molar-refractivity contribution in [3.63, 3.8) is 0 Å². The summed E-state index contributed by atoms with van der Waals surface area (Å²) in [6.45, 7) is 0.862. The van der Waals surface area contributed by atoms with Crippen molar-refractivity contribution in [1.82, 2.24) is 0 Å². The van der Waals surface area contributed by atoms with E-state index in [-0.39, 0.29) is 4.90 Å². The molecular formula is C8H8ClNO2S. The molecular weight excluding hydrogens is 210 g/mol. The summed E-state index contributed by atoms with van der Waals surface area (Å²) in [5.41, 5.74) is 2.02. The molecule has 0 radical (unpaired) electrons. The summed E-state index contributed by atoms with van der Waals surface area (Å²) in [6.07, 6.45) is 0.942. The van der Waals surface area contributed by atoms with Gasteiger partial charge in [0.2, 0.25) is 0 Å². The molecule has 1 N–H and O–H groups in total. The minimum atomic E-state index is -3.59. The van der Waals surface area contributed by atoms with E-state index in [1.807, 2.05) is 0 Å². The Kier molecular flexibility index (Phi) is 1.96. The second kappa shape index (κ2) is 2.89. The molecule has 5 heteroatoms. The Morgan fingerprint density at radius 3 is 2.85 bits per heavy atom. The lowest BCUT2D eigenvalue weighted by Crippen LogP contribution is -1.93. The maximum absolute atomic E-state index is 11.0. The molecule has 0 saturated heterocycles. The van der Waals surface area contributed by atoms with Crippen LogP contribution < -0.4 is 5.32 Å². The molecule has 1 heterocycles. The molecule has 0 saturated carbocycles. The fraction of sp³-hybridized carbons (Fsp3) is 0.250. The maximum atomic E-state index is 11.0. The van der Waals surface area contributed by atoms with Crippen molar-refractivity contribution in [2.75, 3.05) is 11.9 Å². The first-order valence-electron chi connectivity index (χ1n) is 3.89. The summed E-state index contributed by atoms with van der Waals surface area (Å²) >= 11 is 0. The molecule has 1 aliphatic rings. The molecule has 2 rings (SSSR count). The van der Waals surface area contributed by atoms with Gasteiger partial charge in [0.05, 0.1) is 4.90 Å². The van der Waals surface area contributed by atoms with Crippen molar-refractivity contribution in [2.24, 2.45) is 0 Å². The van der Waals surface area contributed by atoms with Crippen LogP contribution in [-0.2, 0) is 15.5 Å². The monoisotopic (exact) mass is 217 g/mol. The summed E-state index contributed by atoms with van der Waals surface area (Å²) in [5, 5.41) is 3.09. The third-order valence-electron chi connectivity index (χ3n) is 2.07. The topological polar surface area (TPSA) is 46.2 Å². The van der Waals surface area contributed by atoms with Crippen LogP contribution in [0.4, 0.5) is 5.69 Å². The molecule has 0 aromatic heterocycles. The van der Waals surface area contributed by atoms with Crippen molar-refractivity contribution in [1.29, 1.82) is 0 Å². The van der Waals surface area contributed by atoms with Crippen molar-refractivity contribution in [2.45, 2.75) is 11.3 Å². The van der Waals surface area contributed by atoms with Crippen LogP contribution in [0.5, 0.6) is 0 Å². The number of anilines is 1. The highest BCUT2D eigenvalue weighted by Gasteiger charge is 2.15. The predicted octanol–water partition coefficient (Wildman–Crippen LogP) is 1.58. The second-order valence-corrected chi connectivity index (χ2v) is 5.50. The number of nitrogens with one attached hydrogen (secondary N) is 1. The lowest BCUT2D eigenvalue weighted by molar-refractivity contribution is 0.609. The number of hydrogen-bond donors (Lipinski definition) is 1. The molecule has 0 spiro atoms. The molecule has 3 nitrogen and oxygen atoms in total. The Morgan fingerprint density at radius 1 is 1.38 bits per heavy atom. The van der Waals surface area contributed by atoms with Crippen LogP contribution in [0.25, 0.3) is 0 Å². The maximum Gasteiger partial charge on any atom is 0.261 e. The molecule has 0 atom stereocenters. The van der Waals surface area contributed by atoms with E-state index in [0.717, 1.165) is 24.2 Å². The van der Waals surface area contributed by atoms with Gasteiger partial charge in [0.15, 0.2) is 0 Å². The van der Waals surface area contributed by atoms with Crippen LogP contribution >= 0.6 is 10.7 Å². The normalized spacial score (nSPS) is 15.2. The van der Waals surface area contributed by atoms with Crippen molar-refractivity contribution in [3.8, 4) is 0 Å². The van der Waals surface area contributed by atoms with Gasteiger partial charge in [-0.05, 0) is 24.1 Å². The molecule has 0 amide bonds. The highest BCUT2D eigenvalue weighted by Crippen LogP contribution is 2.26. The highest BCUT2D eigenvalue weighted by atomic mass is 35.7. The van der Waals surface area contributed by atoms with Gasteiger partial charge in [0.25, 0.3) is 9.05 Å². The largest absolute Gasteiger partial charge is 0.384 e. The van der Waals surface area contributed by atoms with E-state index in [1.165, 1.54) is 6.07 Å². The molecule has 70 valence electrons. The Hall–Kier alpha value is -0.740. The molecule has 0 fully saturated rings. The van der Waals surface area contributed by atoms with Gasteiger partial charge in [0.1, 0.15) is 0 Å². The van der Waals surface area contributed by atoms with Gasteiger partial charge >= 0.3 is 0 Å². The number of benzene rings is 1. The van der Waals surface area contributed by atoms with Crippen LogP contribution in [0.1, 0.15) is 5.56 Å². The van der Waals surface area contributed by atoms with Crippen LogP contribution in [0.2, 0.25) is 0 Å². The van der Waals surface area contributed by atoms with Gasteiger partial charge in [0, 0.05) is 22.9 Å². The first kappa shape index (κ1) is 8.84. The highest BCUT2D eigenvalue weighted by molar-refractivity contribution is 8.13. The first-order chi connectivity index (χ1) is 6.07. The van der Waals surface area contributed by atoms with E-state index in [9.17, 15) is 8.42 Å². The van der Waals surface area contributed by atoms with E-state index < -0.39 is 9.05 Å². The van der Waals surface area contributed by atoms with E-state index in [0.29, 0.717) is 0 Å². The lowest BCUT2D eigenvalue weighted by atomic mass is 10.2. The SMILES string of the molecule is O=S(=O)(Cl)c1ccc2c(c1)NCC2. The molecule has 1 aromatic carbocycles.